The van der Waals surface area contributed by atoms with Crippen molar-refractivity contribution in [1.82, 2.24) is 0 Å². The molecule has 0 bridgehead atoms. The molecule has 20 heavy (non-hydrogen) atoms. The second-order valence-electron chi connectivity index (χ2n) is 5.29. The highest BCUT2D eigenvalue weighted by atomic mass is 32.2. The van der Waals surface area contributed by atoms with E-state index >= 15 is 0 Å². The van der Waals surface area contributed by atoms with E-state index in [9.17, 15) is 13.2 Å². The van der Waals surface area contributed by atoms with Crippen molar-refractivity contribution in [3.8, 4) is 0 Å². The van der Waals surface area contributed by atoms with E-state index in [0.29, 0.717) is 17.8 Å². The minimum atomic E-state index is -3.06. The third kappa shape index (κ3) is 6.56. The fourth-order valence-electron chi connectivity index (χ4n) is 1.88. The second kappa shape index (κ2) is 7.28. The zero-order valence-electron chi connectivity index (χ0n) is 11.9. The number of nitrogens with two attached hydrogens (primary N) is 1. The number of hydrogen-bond donors (Lipinski definition) is 2. The van der Waals surface area contributed by atoms with Gasteiger partial charge in [0.05, 0.1) is 11.5 Å². The molecule has 0 aromatic heterocycles. The summed E-state index contributed by atoms with van der Waals surface area (Å²) in [6, 6.07) is 6.88. The van der Waals surface area contributed by atoms with Crippen molar-refractivity contribution in [2.24, 2.45) is 5.92 Å². The van der Waals surface area contributed by atoms with E-state index in [1.807, 2.05) is 13.8 Å². The molecule has 0 fully saturated rings. The molecule has 0 aliphatic carbocycles. The summed E-state index contributed by atoms with van der Waals surface area (Å²) in [6.07, 6.45) is 0.523. The molecule has 6 heteroatoms. The van der Waals surface area contributed by atoms with Gasteiger partial charge in [-0.1, -0.05) is 19.9 Å². The number of rotatable bonds is 7. The average molecular weight is 298 g/mol. The van der Waals surface area contributed by atoms with E-state index in [-0.39, 0.29) is 29.8 Å². The lowest BCUT2D eigenvalue weighted by Gasteiger charge is -2.08. The molecule has 0 aliphatic heterocycles. The molecule has 1 amide bonds. The lowest BCUT2D eigenvalue weighted by Crippen LogP contribution is -2.18. The topological polar surface area (TPSA) is 89.3 Å². The van der Waals surface area contributed by atoms with Gasteiger partial charge in [-0.2, -0.15) is 0 Å². The lowest BCUT2D eigenvalue weighted by atomic mass is 10.2. The van der Waals surface area contributed by atoms with Crippen LogP contribution in [0, 0.1) is 5.92 Å². The first kappa shape index (κ1) is 16.5. The predicted octanol–water partition coefficient (Wildman–Crippen LogP) is 2.06. The first-order valence-electron chi connectivity index (χ1n) is 6.64. The summed E-state index contributed by atoms with van der Waals surface area (Å²) in [5, 5.41) is 2.70. The Balaban J connectivity index is 2.37. The van der Waals surface area contributed by atoms with Crippen LogP contribution in [-0.4, -0.2) is 25.8 Å². The minimum Gasteiger partial charge on any atom is -0.399 e. The minimum absolute atomic E-state index is 0.0511. The molecule has 0 radical (unpaired) electrons. The molecular weight excluding hydrogens is 276 g/mol. The van der Waals surface area contributed by atoms with Gasteiger partial charge in [-0.15, -0.1) is 0 Å². The largest absolute Gasteiger partial charge is 0.399 e. The molecule has 0 saturated carbocycles. The summed E-state index contributed by atoms with van der Waals surface area (Å²) in [4.78, 5) is 11.7. The summed E-state index contributed by atoms with van der Waals surface area (Å²) in [7, 11) is -3.06. The summed E-state index contributed by atoms with van der Waals surface area (Å²) < 4.78 is 23.4. The van der Waals surface area contributed by atoms with E-state index in [4.69, 9.17) is 5.73 Å². The van der Waals surface area contributed by atoms with Crippen LogP contribution in [0.4, 0.5) is 11.4 Å². The average Bonchev–Trinajstić information content (AvgIpc) is 2.26. The molecule has 0 heterocycles. The molecule has 0 saturated heterocycles. The molecule has 0 atom stereocenters. The van der Waals surface area contributed by atoms with Crippen molar-refractivity contribution < 1.29 is 13.2 Å². The molecule has 1 rings (SSSR count). The van der Waals surface area contributed by atoms with Gasteiger partial charge in [0.15, 0.2) is 9.84 Å². The van der Waals surface area contributed by atoms with Crippen LogP contribution in [0.2, 0.25) is 0 Å². The van der Waals surface area contributed by atoms with E-state index < -0.39 is 9.84 Å². The zero-order chi connectivity index (χ0) is 15.2. The Morgan fingerprint density at radius 3 is 2.65 bits per heavy atom. The van der Waals surface area contributed by atoms with Crippen molar-refractivity contribution in [2.75, 3.05) is 22.6 Å². The maximum atomic E-state index is 11.7. The SMILES string of the molecule is CC(C)CS(=O)(=O)CCCC(=O)Nc1cccc(N)c1. The van der Waals surface area contributed by atoms with Crippen molar-refractivity contribution in [3.05, 3.63) is 24.3 Å². The van der Waals surface area contributed by atoms with E-state index in [1.54, 1.807) is 24.3 Å². The number of anilines is 2. The Kier molecular flexibility index (Phi) is 6.01. The van der Waals surface area contributed by atoms with Gasteiger partial charge in [-0.05, 0) is 30.5 Å². The molecule has 1 aromatic carbocycles. The number of amides is 1. The van der Waals surface area contributed by atoms with Crippen LogP contribution in [0.25, 0.3) is 0 Å². The van der Waals surface area contributed by atoms with Gasteiger partial charge in [-0.25, -0.2) is 8.42 Å². The standard InChI is InChI=1S/C14H22N2O3S/c1-11(2)10-20(18,19)8-4-7-14(17)16-13-6-3-5-12(15)9-13/h3,5-6,9,11H,4,7-8,10,15H2,1-2H3,(H,16,17). The smallest absolute Gasteiger partial charge is 0.224 e. The number of hydrogen-bond acceptors (Lipinski definition) is 4. The molecule has 5 nitrogen and oxygen atoms in total. The van der Waals surface area contributed by atoms with Gasteiger partial charge in [0.25, 0.3) is 0 Å². The fraction of sp³-hybridized carbons (Fsp3) is 0.500. The highest BCUT2D eigenvalue weighted by Crippen LogP contribution is 2.12. The molecular formula is C14H22N2O3S. The van der Waals surface area contributed by atoms with Gasteiger partial charge < -0.3 is 11.1 Å². The fourth-order valence-corrected chi connectivity index (χ4v) is 3.65. The van der Waals surface area contributed by atoms with Crippen molar-refractivity contribution in [2.45, 2.75) is 26.7 Å². The third-order valence-corrected chi connectivity index (χ3v) is 4.70. The van der Waals surface area contributed by atoms with Crippen LogP contribution in [0.3, 0.4) is 0 Å². The normalized spacial score (nSPS) is 11.6. The Labute approximate surface area is 120 Å². The predicted molar refractivity (Wildman–Crippen MR) is 82.2 cm³/mol. The number of benzene rings is 1. The Morgan fingerprint density at radius 2 is 2.05 bits per heavy atom. The molecule has 3 N–H and O–H groups in total. The zero-order valence-corrected chi connectivity index (χ0v) is 12.7. The number of nitrogen functional groups attached to an aromatic ring is 1. The summed E-state index contributed by atoms with van der Waals surface area (Å²) in [5.41, 5.74) is 6.80. The van der Waals surface area contributed by atoms with Crippen LogP contribution in [0.15, 0.2) is 24.3 Å². The second-order valence-corrected chi connectivity index (χ2v) is 7.51. The van der Waals surface area contributed by atoms with Crippen LogP contribution in [-0.2, 0) is 14.6 Å². The summed E-state index contributed by atoms with van der Waals surface area (Å²) >= 11 is 0. The van der Waals surface area contributed by atoms with Crippen LogP contribution in [0.1, 0.15) is 26.7 Å². The van der Waals surface area contributed by atoms with E-state index in [2.05, 4.69) is 5.32 Å². The Bertz CT molecular complexity index is 553. The highest BCUT2D eigenvalue weighted by Gasteiger charge is 2.13. The highest BCUT2D eigenvalue weighted by molar-refractivity contribution is 7.91. The van der Waals surface area contributed by atoms with Crippen molar-refractivity contribution >= 4 is 27.1 Å². The Hall–Kier alpha value is -1.56. The van der Waals surface area contributed by atoms with Crippen LogP contribution >= 0.6 is 0 Å². The summed E-state index contributed by atoms with van der Waals surface area (Å²) in [5.74, 6) is 0.135. The number of carbonyl (C=O) groups is 1. The van der Waals surface area contributed by atoms with Gasteiger partial charge in [0.1, 0.15) is 0 Å². The maximum absolute atomic E-state index is 11.7. The monoisotopic (exact) mass is 298 g/mol. The number of carbonyl (C=O) groups excluding carboxylic acids is 1. The van der Waals surface area contributed by atoms with Crippen molar-refractivity contribution in [3.63, 3.8) is 0 Å². The Morgan fingerprint density at radius 1 is 1.35 bits per heavy atom. The summed E-state index contributed by atoms with van der Waals surface area (Å²) in [6.45, 7) is 3.73. The maximum Gasteiger partial charge on any atom is 0.224 e. The number of sulfone groups is 1. The van der Waals surface area contributed by atoms with E-state index in [0.717, 1.165) is 0 Å². The first-order valence-corrected chi connectivity index (χ1v) is 8.46. The van der Waals surface area contributed by atoms with Gasteiger partial charge in [0, 0.05) is 17.8 Å². The number of nitrogens with one attached hydrogen (secondary N) is 1. The van der Waals surface area contributed by atoms with Gasteiger partial charge >= 0.3 is 0 Å². The molecule has 112 valence electrons. The van der Waals surface area contributed by atoms with Crippen LogP contribution < -0.4 is 11.1 Å². The third-order valence-electron chi connectivity index (χ3n) is 2.62. The molecule has 0 spiro atoms. The van der Waals surface area contributed by atoms with Gasteiger partial charge in [-0.3, -0.25) is 4.79 Å². The van der Waals surface area contributed by atoms with E-state index in [1.165, 1.54) is 0 Å². The molecule has 0 aliphatic rings. The van der Waals surface area contributed by atoms with Crippen molar-refractivity contribution in [1.29, 1.82) is 0 Å². The van der Waals surface area contributed by atoms with Gasteiger partial charge in [0.2, 0.25) is 5.91 Å². The first-order chi connectivity index (χ1) is 9.28. The lowest BCUT2D eigenvalue weighted by molar-refractivity contribution is -0.116. The van der Waals surface area contributed by atoms with Crippen LogP contribution in [0.5, 0.6) is 0 Å². The quantitative estimate of drug-likeness (QED) is 0.754. The molecule has 0 unspecified atom stereocenters. The molecule has 1 aromatic rings.